The first-order valence-corrected chi connectivity index (χ1v) is 10.2. The van der Waals surface area contributed by atoms with Crippen LogP contribution in [0.2, 0.25) is 0 Å². The highest BCUT2D eigenvalue weighted by atomic mass is 32.1. The molecule has 0 unspecified atom stereocenters. The van der Waals surface area contributed by atoms with Gasteiger partial charge in [0, 0.05) is 22.2 Å². The van der Waals surface area contributed by atoms with Gasteiger partial charge in [-0.3, -0.25) is 9.59 Å². The lowest BCUT2D eigenvalue weighted by atomic mass is 10.1. The van der Waals surface area contributed by atoms with E-state index in [4.69, 9.17) is 4.74 Å². The normalized spacial score (nSPS) is 10.4. The van der Waals surface area contributed by atoms with Crippen LogP contribution in [0.1, 0.15) is 27.8 Å². The number of nitrogens with one attached hydrogen (secondary N) is 1. The molecule has 1 heterocycles. The summed E-state index contributed by atoms with van der Waals surface area (Å²) in [4.78, 5) is 28.6. The molecule has 5 nitrogen and oxygen atoms in total. The van der Waals surface area contributed by atoms with Crippen LogP contribution in [0.15, 0.2) is 84.2 Å². The number of para-hydroxylation sites is 1. The molecule has 0 aliphatic carbocycles. The number of nitrogens with zero attached hydrogens (tertiary/aromatic N) is 1. The largest absolute Gasteiger partial charge is 0.457 e. The third kappa shape index (κ3) is 4.61. The molecule has 0 bridgehead atoms. The Morgan fingerprint density at radius 1 is 0.900 bits per heavy atom. The summed E-state index contributed by atoms with van der Waals surface area (Å²) in [6.07, 6.45) is 0. The predicted molar refractivity (Wildman–Crippen MR) is 118 cm³/mol. The number of rotatable bonds is 6. The lowest BCUT2D eigenvalue weighted by Gasteiger charge is -2.07. The standard InChI is InChI=1S/C24H18N2O3S/c1-16(27)17-6-5-7-18(14-17)24-26-22(15-30-24)23(28)25-19-10-12-21(13-11-19)29-20-8-3-2-4-9-20/h2-15H,1H3,(H,25,28). The lowest BCUT2D eigenvalue weighted by molar-refractivity contribution is 0.101. The minimum Gasteiger partial charge on any atom is -0.457 e. The van der Waals surface area contributed by atoms with Crippen LogP contribution in [0.5, 0.6) is 11.5 Å². The van der Waals surface area contributed by atoms with E-state index in [9.17, 15) is 9.59 Å². The van der Waals surface area contributed by atoms with Crippen LogP contribution in [0.25, 0.3) is 10.6 Å². The molecule has 4 rings (SSSR count). The summed E-state index contributed by atoms with van der Waals surface area (Å²) >= 11 is 1.36. The summed E-state index contributed by atoms with van der Waals surface area (Å²) in [6, 6.07) is 23.9. The Kier molecular flexibility index (Phi) is 5.68. The quantitative estimate of drug-likeness (QED) is 0.390. The molecule has 0 fully saturated rings. The summed E-state index contributed by atoms with van der Waals surface area (Å²) in [5, 5.41) is 5.24. The Morgan fingerprint density at radius 3 is 2.37 bits per heavy atom. The number of Topliss-reactive ketones (excluding diaryl/α,β-unsaturated/α-hetero) is 1. The molecule has 6 heteroatoms. The molecule has 0 saturated heterocycles. The minimum absolute atomic E-state index is 0.00827. The number of benzene rings is 3. The zero-order valence-electron chi connectivity index (χ0n) is 16.2. The minimum atomic E-state index is -0.294. The summed E-state index contributed by atoms with van der Waals surface area (Å²) < 4.78 is 5.75. The Hall–Kier alpha value is -3.77. The number of anilines is 1. The van der Waals surface area contributed by atoms with Crippen LogP contribution >= 0.6 is 11.3 Å². The number of carbonyl (C=O) groups excluding carboxylic acids is 2. The molecule has 3 aromatic carbocycles. The number of carbonyl (C=O) groups is 2. The van der Waals surface area contributed by atoms with E-state index in [-0.39, 0.29) is 11.7 Å². The molecule has 0 saturated carbocycles. The van der Waals surface area contributed by atoms with Crippen molar-refractivity contribution in [2.75, 3.05) is 5.32 Å². The van der Waals surface area contributed by atoms with Crippen molar-refractivity contribution in [1.82, 2.24) is 4.98 Å². The summed E-state index contributed by atoms with van der Waals surface area (Å²) in [5.41, 5.74) is 2.40. The van der Waals surface area contributed by atoms with E-state index in [1.807, 2.05) is 42.5 Å². The van der Waals surface area contributed by atoms with Crippen LogP contribution in [-0.2, 0) is 0 Å². The smallest absolute Gasteiger partial charge is 0.275 e. The van der Waals surface area contributed by atoms with Gasteiger partial charge in [0.15, 0.2) is 5.78 Å². The van der Waals surface area contributed by atoms with Crippen molar-refractivity contribution in [2.24, 2.45) is 0 Å². The maximum absolute atomic E-state index is 12.6. The van der Waals surface area contributed by atoms with Gasteiger partial charge in [0.2, 0.25) is 0 Å². The molecule has 4 aromatic rings. The molecule has 1 aromatic heterocycles. The van der Waals surface area contributed by atoms with Crippen molar-refractivity contribution in [3.8, 4) is 22.1 Å². The molecule has 0 aliphatic heterocycles. The van der Waals surface area contributed by atoms with Gasteiger partial charge >= 0.3 is 0 Å². The van der Waals surface area contributed by atoms with E-state index >= 15 is 0 Å². The first-order chi connectivity index (χ1) is 14.6. The van der Waals surface area contributed by atoms with Crippen molar-refractivity contribution in [3.63, 3.8) is 0 Å². The molecule has 1 amide bonds. The molecule has 0 spiro atoms. The van der Waals surface area contributed by atoms with E-state index in [0.29, 0.717) is 27.7 Å². The number of thiazole rings is 1. The average molecular weight is 414 g/mol. The van der Waals surface area contributed by atoms with Crippen molar-refractivity contribution in [2.45, 2.75) is 6.92 Å². The second kappa shape index (κ2) is 8.71. The van der Waals surface area contributed by atoms with E-state index in [0.717, 1.165) is 11.3 Å². The van der Waals surface area contributed by atoms with Gasteiger partial charge in [-0.1, -0.05) is 36.4 Å². The molecule has 0 aliphatic rings. The summed E-state index contributed by atoms with van der Waals surface area (Å²) in [6.45, 7) is 1.52. The number of amides is 1. The molecular formula is C24H18N2O3S. The van der Waals surface area contributed by atoms with Gasteiger partial charge in [0.25, 0.3) is 5.91 Å². The van der Waals surface area contributed by atoms with Gasteiger partial charge < -0.3 is 10.1 Å². The van der Waals surface area contributed by atoms with Gasteiger partial charge in [-0.15, -0.1) is 11.3 Å². The Labute approximate surface area is 178 Å². The van der Waals surface area contributed by atoms with Crippen molar-refractivity contribution in [3.05, 3.63) is 95.5 Å². The van der Waals surface area contributed by atoms with Crippen LogP contribution in [0.3, 0.4) is 0 Å². The highest BCUT2D eigenvalue weighted by molar-refractivity contribution is 7.13. The highest BCUT2D eigenvalue weighted by Crippen LogP contribution is 2.26. The molecular weight excluding hydrogens is 396 g/mol. The van der Waals surface area contributed by atoms with E-state index in [1.54, 1.807) is 41.8 Å². The topological polar surface area (TPSA) is 68.3 Å². The second-order valence-electron chi connectivity index (χ2n) is 6.57. The molecule has 0 atom stereocenters. The second-order valence-corrected chi connectivity index (χ2v) is 7.43. The fourth-order valence-corrected chi connectivity index (χ4v) is 3.60. The van der Waals surface area contributed by atoms with E-state index < -0.39 is 0 Å². The zero-order chi connectivity index (χ0) is 20.9. The van der Waals surface area contributed by atoms with Crippen LogP contribution in [0.4, 0.5) is 5.69 Å². The molecule has 1 N–H and O–H groups in total. The summed E-state index contributed by atoms with van der Waals surface area (Å²) in [7, 11) is 0. The fraction of sp³-hybridized carbons (Fsp3) is 0.0417. The summed E-state index contributed by atoms with van der Waals surface area (Å²) in [5.74, 6) is 1.13. The number of ketones is 1. The SMILES string of the molecule is CC(=O)c1cccc(-c2nc(C(=O)Nc3ccc(Oc4ccccc4)cc3)cs2)c1. The number of ether oxygens (including phenoxy) is 1. The maximum atomic E-state index is 12.6. The first kappa shape index (κ1) is 19.5. The third-order valence-electron chi connectivity index (χ3n) is 4.34. The third-order valence-corrected chi connectivity index (χ3v) is 5.24. The van der Waals surface area contributed by atoms with Crippen LogP contribution < -0.4 is 10.1 Å². The van der Waals surface area contributed by atoms with Crippen molar-refractivity contribution >= 4 is 28.7 Å². The Bertz CT molecular complexity index is 1180. The molecule has 148 valence electrons. The van der Waals surface area contributed by atoms with Gasteiger partial charge in [-0.2, -0.15) is 0 Å². The van der Waals surface area contributed by atoms with Gasteiger partial charge in [0.1, 0.15) is 22.2 Å². The van der Waals surface area contributed by atoms with E-state index in [2.05, 4.69) is 10.3 Å². The van der Waals surface area contributed by atoms with Crippen molar-refractivity contribution < 1.29 is 14.3 Å². The Morgan fingerprint density at radius 2 is 1.63 bits per heavy atom. The Balaban J connectivity index is 1.43. The van der Waals surface area contributed by atoms with Crippen LogP contribution in [0, 0.1) is 0 Å². The van der Waals surface area contributed by atoms with Gasteiger partial charge in [0.05, 0.1) is 0 Å². The molecule has 30 heavy (non-hydrogen) atoms. The number of hydrogen-bond donors (Lipinski definition) is 1. The highest BCUT2D eigenvalue weighted by Gasteiger charge is 2.13. The van der Waals surface area contributed by atoms with E-state index in [1.165, 1.54) is 18.3 Å². The first-order valence-electron chi connectivity index (χ1n) is 9.30. The predicted octanol–water partition coefficient (Wildman–Crippen LogP) is 6.06. The maximum Gasteiger partial charge on any atom is 0.275 e. The van der Waals surface area contributed by atoms with Crippen molar-refractivity contribution in [1.29, 1.82) is 0 Å². The van der Waals surface area contributed by atoms with Crippen LogP contribution in [-0.4, -0.2) is 16.7 Å². The number of aromatic nitrogens is 1. The monoisotopic (exact) mass is 414 g/mol. The lowest BCUT2D eigenvalue weighted by Crippen LogP contribution is -2.12. The fourth-order valence-electron chi connectivity index (χ4n) is 2.81. The number of hydrogen-bond acceptors (Lipinski definition) is 5. The van der Waals surface area contributed by atoms with Gasteiger partial charge in [-0.05, 0) is 49.4 Å². The molecule has 0 radical (unpaired) electrons. The zero-order valence-corrected chi connectivity index (χ0v) is 17.0. The van der Waals surface area contributed by atoms with Gasteiger partial charge in [-0.25, -0.2) is 4.98 Å². The average Bonchev–Trinajstić information content (AvgIpc) is 3.26.